The first-order valence-corrected chi connectivity index (χ1v) is 8.81. The zero-order valence-corrected chi connectivity index (χ0v) is 13.7. The molecule has 1 heterocycles. The van der Waals surface area contributed by atoms with E-state index in [0.717, 1.165) is 13.0 Å². The molecule has 1 unspecified atom stereocenters. The quantitative estimate of drug-likeness (QED) is 0.676. The van der Waals surface area contributed by atoms with Crippen molar-refractivity contribution in [3.8, 4) is 0 Å². The van der Waals surface area contributed by atoms with Crippen molar-refractivity contribution in [3.63, 3.8) is 0 Å². The Balaban J connectivity index is 2.57. The molecule has 122 valence electrons. The Hall–Kier alpha value is -0.920. The van der Waals surface area contributed by atoms with Crippen molar-refractivity contribution < 1.29 is 18.3 Å². The van der Waals surface area contributed by atoms with Gasteiger partial charge in [-0.15, -0.1) is 6.58 Å². The predicted octanol–water partition coefficient (Wildman–Crippen LogP) is 1.01. The van der Waals surface area contributed by atoms with Gasteiger partial charge in [0.2, 0.25) is 10.0 Å². The number of allylic oxidation sites excluding steroid dienone is 1. The van der Waals surface area contributed by atoms with Gasteiger partial charge in [-0.05, 0) is 38.8 Å². The molecule has 1 fully saturated rings. The molecule has 7 heteroatoms. The molecule has 21 heavy (non-hydrogen) atoms. The highest BCUT2D eigenvalue weighted by molar-refractivity contribution is 7.89. The van der Waals surface area contributed by atoms with Crippen molar-refractivity contribution in [1.82, 2.24) is 9.21 Å². The standard InChI is InChI=1S/C14H26N2O4S/c1-4-7-14(13(17)18)8-5-9-16(12-14)10-6-11-21(19,20)15(2)3/h4H,1,5-12H2,2-3H3,(H,17,18). The molecule has 1 aliphatic rings. The minimum atomic E-state index is -3.18. The van der Waals surface area contributed by atoms with E-state index in [2.05, 4.69) is 11.5 Å². The number of carbonyl (C=O) groups is 1. The summed E-state index contributed by atoms with van der Waals surface area (Å²) in [5, 5.41) is 9.49. The summed E-state index contributed by atoms with van der Waals surface area (Å²) in [5.74, 6) is -0.689. The normalized spacial score (nSPS) is 24.1. The highest BCUT2D eigenvalue weighted by atomic mass is 32.2. The Kier molecular flexibility index (Phi) is 6.37. The third-order valence-corrected chi connectivity index (χ3v) is 5.99. The van der Waals surface area contributed by atoms with Crippen LogP contribution >= 0.6 is 0 Å². The van der Waals surface area contributed by atoms with Crippen molar-refractivity contribution in [2.24, 2.45) is 5.41 Å². The maximum absolute atomic E-state index is 11.7. The van der Waals surface area contributed by atoms with Gasteiger partial charge in [0.05, 0.1) is 11.2 Å². The first kappa shape index (κ1) is 18.1. The zero-order valence-electron chi connectivity index (χ0n) is 12.9. The summed E-state index contributed by atoms with van der Waals surface area (Å²) in [5.41, 5.74) is -0.763. The third kappa shape index (κ3) is 4.79. The van der Waals surface area contributed by atoms with Crippen molar-refractivity contribution in [2.45, 2.75) is 25.7 Å². The molecule has 1 aliphatic heterocycles. The first-order chi connectivity index (χ1) is 9.73. The predicted molar refractivity (Wildman–Crippen MR) is 82.6 cm³/mol. The van der Waals surface area contributed by atoms with Gasteiger partial charge in [0.25, 0.3) is 0 Å². The van der Waals surface area contributed by atoms with E-state index in [1.54, 1.807) is 6.08 Å². The van der Waals surface area contributed by atoms with Crippen LogP contribution in [0.4, 0.5) is 0 Å². The van der Waals surface area contributed by atoms with E-state index >= 15 is 0 Å². The maximum Gasteiger partial charge on any atom is 0.311 e. The second-order valence-corrected chi connectivity index (χ2v) is 8.21. The van der Waals surface area contributed by atoms with Crippen molar-refractivity contribution in [2.75, 3.05) is 39.5 Å². The molecule has 6 nitrogen and oxygen atoms in total. The lowest BCUT2D eigenvalue weighted by molar-refractivity contribution is -0.152. The van der Waals surface area contributed by atoms with E-state index in [4.69, 9.17) is 0 Å². The highest BCUT2D eigenvalue weighted by Gasteiger charge is 2.41. The van der Waals surface area contributed by atoms with E-state index in [9.17, 15) is 18.3 Å². The fourth-order valence-electron chi connectivity index (χ4n) is 2.78. The van der Waals surface area contributed by atoms with Crippen LogP contribution in [0, 0.1) is 5.41 Å². The number of carboxylic acid groups (broad SMARTS) is 1. The Bertz CT molecular complexity index is 475. The zero-order chi connectivity index (χ0) is 16.1. The lowest BCUT2D eigenvalue weighted by Gasteiger charge is -2.39. The average Bonchev–Trinajstić information content (AvgIpc) is 2.39. The summed E-state index contributed by atoms with van der Waals surface area (Å²) in [6.45, 7) is 5.56. The lowest BCUT2D eigenvalue weighted by atomic mass is 9.77. The summed E-state index contributed by atoms with van der Waals surface area (Å²) in [4.78, 5) is 13.6. The monoisotopic (exact) mass is 318 g/mol. The maximum atomic E-state index is 11.7. The molecule has 1 saturated heterocycles. The number of carboxylic acids is 1. The first-order valence-electron chi connectivity index (χ1n) is 7.20. The van der Waals surface area contributed by atoms with Crippen LogP contribution in [0.3, 0.4) is 0 Å². The van der Waals surface area contributed by atoms with Gasteiger partial charge in [-0.1, -0.05) is 6.08 Å². The van der Waals surface area contributed by atoms with Crippen molar-refractivity contribution in [1.29, 1.82) is 0 Å². The van der Waals surface area contributed by atoms with Gasteiger partial charge in [0.15, 0.2) is 0 Å². The van der Waals surface area contributed by atoms with Crippen LogP contribution in [0.5, 0.6) is 0 Å². The molecule has 0 saturated carbocycles. The van der Waals surface area contributed by atoms with Gasteiger partial charge >= 0.3 is 5.97 Å². The Labute approximate surface area is 127 Å². The van der Waals surface area contributed by atoms with Crippen LogP contribution in [-0.2, 0) is 14.8 Å². The topological polar surface area (TPSA) is 77.9 Å². The Morgan fingerprint density at radius 2 is 2.14 bits per heavy atom. The van der Waals surface area contributed by atoms with Gasteiger partial charge in [-0.2, -0.15) is 0 Å². The van der Waals surface area contributed by atoms with Gasteiger partial charge in [0.1, 0.15) is 0 Å². The number of sulfonamides is 1. The minimum Gasteiger partial charge on any atom is -0.481 e. The molecule has 0 aromatic rings. The summed E-state index contributed by atoms with van der Waals surface area (Å²) < 4.78 is 24.6. The van der Waals surface area contributed by atoms with E-state index in [0.29, 0.717) is 32.4 Å². The van der Waals surface area contributed by atoms with Gasteiger partial charge in [0, 0.05) is 20.6 Å². The molecule has 1 atom stereocenters. The molecule has 1 rings (SSSR count). The largest absolute Gasteiger partial charge is 0.481 e. The van der Waals surface area contributed by atoms with Crippen LogP contribution in [0.15, 0.2) is 12.7 Å². The van der Waals surface area contributed by atoms with Gasteiger partial charge in [-0.3, -0.25) is 4.79 Å². The lowest BCUT2D eigenvalue weighted by Crippen LogP contribution is -2.48. The fraction of sp³-hybridized carbons (Fsp3) is 0.786. The van der Waals surface area contributed by atoms with Gasteiger partial charge in [-0.25, -0.2) is 12.7 Å². The number of piperidine rings is 1. The molecule has 0 radical (unpaired) electrons. The van der Waals surface area contributed by atoms with E-state index < -0.39 is 21.4 Å². The number of rotatable bonds is 8. The van der Waals surface area contributed by atoms with Crippen molar-refractivity contribution in [3.05, 3.63) is 12.7 Å². The van der Waals surface area contributed by atoms with Crippen LogP contribution in [0.25, 0.3) is 0 Å². The second-order valence-electron chi connectivity index (χ2n) is 5.91. The molecular formula is C14H26N2O4S. The third-order valence-electron chi connectivity index (χ3n) is 4.08. The molecule has 0 aromatic heterocycles. The van der Waals surface area contributed by atoms with Crippen LogP contribution in [-0.4, -0.2) is 68.2 Å². The Morgan fingerprint density at radius 3 is 2.67 bits per heavy atom. The summed E-state index contributed by atoms with van der Waals surface area (Å²) >= 11 is 0. The van der Waals surface area contributed by atoms with E-state index in [1.807, 2.05) is 0 Å². The van der Waals surface area contributed by atoms with Crippen LogP contribution < -0.4 is 0 Å². The Morgan fingerprint density at radius 1 is 1.48 bits per heavy atom. The van der Waals surface area contributed by atoms with Crippen LogP contribution in [0.2, 0.25) is 0 Å². The molecule has 0 aliphatic carbocycles. The molecule has 0 amide bonds. The highest BCUT2D eigenvalue weighted by Crippen LogP contribution is 2.34. The number of likely N-dealkylation sites (tertiary alicyclic amines) is 1. The summed E-state index contributed by atoms with van der Waals surface area (Å²) in [6, 6.07) is 0. The summed E-state index contributed by atoms with van der Waals surface area (Å²) in [7, 11) is -0.133. The van der Waals surface area contributed by atoms with Crippen LogP contribution in [0.1, 0.15) is 25.7 Å². The second kappa shape index (κ2) is 7.38. The SMILES string of the molecule is C=CCC1(C(=O)O)CCCN(CCCS(=O)(=O)N(C)C)C1. The number of aliphatic carboxylic acids is 1. The smallest absolute Gasteiger partial charge is 0.311 e. The number of nitrogens with zero attached hydrogens (tertiary/aromatic N) is 2. The molecule has 0 spiro atoms. The average molecular weight is 318 g/mol. The molecule has 0 aromatic carbocycles. The number of hydrogen-bond acceptors (Lipinski definition) is 4. The van der Waals surface area contributed by atoms with Crippen molar-refractivity contribution >= 4 is 16.0 Å². The molecular weight excluding hydrogens is 292 g/mol. The van der Waals surface area contributed by atoms with Gasteiger partial charge < -0.3 is 10.0 Å². The molecule has 0 bridgehead atoms. The summed E-state index contributed by atoms with van der Waals surface area (Å²) in [6.07, 6.45) is 4.11. The number of hydrogen-bond donors (Lipinski definition) is 1. The minimum absolute atomic E-state index is 0.0953. The van der Waals surface area contributed by atoms with E-state index in [1.165, 1.54) is 18.4 Å². The molecule has 1 N–H and O–H groups in total. The van der Waals surface area contributed by atoms with E-state index in [-0.39, 0.29) is 5.75 Å². The fourth-order valence-corrected chi connectivity index (χ4v) is 3.64.